The van der Waals surface area contributed by atoms with Gasteiger partial charge in [0, 0.05) is 19.3 Å². The number of nitrogens with zero attached hydrogens (tertiary/aromatic N) is 5. The minimum atomic E-state index is -0.179. The molecule has 0 aliphatic carbocycles. The lowest BCUT2D eigenvalue weighted by molar-refractivity contribution is -0.134. The van der Waals surface area contributed by atoms with Gasteiger partial charge in [-0.25, -0.2) is 9.97 Å². The molecule has 1 N–H and O–H groups in total. The highest BCUT2D eigenvalue weighted by molar-refractivity contribution is 5.88. The van der Waals surface area contributed by atoms with Gasteiger partial charge in [-0.3, -0.25) is 4.79 Å². The van der Waals surface area contributed by atoms with Crippen molar-refractivity contribution in [3.05, 3.63) is 18.6 Å². The van der Waals surface area contributed by atoms with Gasteiger partial charge in [0.25, 0.3) is 0 Å². The number of amides is 1. The standard InChI is InChI=1S/C17H20N6O/c1-12-17(5-2-9-23(17)14(24)3-7-18)6-10-22(12)16-13-4-8-19-15(13)20-11-21-16/h4,8,11-12H,2-3,5-6,9-10H2,1H3,(H,19,20,21). The van der Waals surface area contributed by atoms with Crippen molar-refractivity contribution in [1.29, 1.82) is 5.26 Å². The monoisotopic (exact) mass is 324 g/mol. The van der Waals surface area contributed by atoms with Gasteiger partial charge < -0.3 is 14.8 Å². The molecule has 4 rings (SSSR count). The maximum atomic E-state index is 12.4. The third kappa shape index (κ3) is 1.99. The summed E-state index contributed by atoms with van der Waals surface area (Å²) < 4.78 is 0. The Kier molecular flexibility index (Phi) is 3.41. The van der Waals surface area contributed by atoms with Crippen molar-refractivity contribution in [2.45, 2.75) is 44.2 Å². The molecular weight excluding hydrogens is 304 g/mol. The Morgan fingerprint density at radius 1 is 1.46 bits per heavy atom. The number of carbonyl (C=O) groups excluding carboxylic acids is 1. The molecule has 2 saturated heterocycles. The maximum absolute atomic E-state index is 12.4. The summed E-state index contributed by atoms with van der Waals surface area (Å²) in [5.41, 5.74) is 0.651. The van der Waals surface area contributed by atoms with Crippen LogP contribution in [0.25, 0.3) is 11.0 Å². The van der Waals surface area contributed by atoms with Crippen LogP contribution in [0, 0.1) is 11.3 Å². The minimum absolute atomic E-state index is 0.0377. The van der Waals surface area contributed by atoms with Gasteiger partial charge in [0.05, 0.1) is 23.0 Å². The normalized spacial score (nSPS) is 26.4. The fourth-order valence-corrected chi connectivity index (χ4v) is 4.51. The molecule has 2 aliphatic rings. The van der Waals surface area contributed by atoms with Crippen molar-refractivity contribution in [3.63, 3.8) is 0 Å². The average molecular weight is 324 g/mol. The number of aromatic nitrogens is 3. The largest absolute Gasteiger partial charge is 0.351 e. The first kappa shape index (κ1) is 14.9. The van der Waals surface area contributed by atoms with Crippen molar-refractivity contribution in [1.82, 2.24) is 19.9 Å². The Morgan fingerprint density at radius 3 is 3.17 bits per heavy atom. The molecule has 4 heterocycles. The molecule has 0 bridgehead atoms. The molecule has 0 radical (unpaired) electrons. The molecule has 7 heteroatoms. The average Bonchev–Trinajstić information content (AvgIpc) is 3.29. The fraction of sp³-hybridized carbons (Fsp3) is 0.529. The quantitative estimate of drug-likeness (QED) is 0.910. The number of H-pyrrole nitrogens is 1. The number of hydrogen-bond donors (Lipinski definition) is 1. The van der Waals surface area contributed by atoms with Gasteiger partial charge in [-0.05, 0) is 32.3 Å². The number of nitrogens with one attached hydrogen (secondary N) is 1. The van der Waals surface area contributed by atoms with Gasteiger partial charge in [0.15, 0.2) is 0 Å². The van der Waals surface area contributed by atoms with E-state index in [0.29, 0.717) is 0 Å². The lowest BCUT2D eigenvalue weighted by Gasteiger charge is -2.40. The summed E-state index contributed by atoms with van der Waals surface area (Å²) in [4.78, 5) is 28.6. The SMILES string of the molecule is CC1N(c2ncnc3[nH]ccc23)CCC12CCCN2C(=O)CC#N. The lowest BCUT2D eigenvalue weighted by atomic mass is 9.88. The van der Waals surface area contributed by atoms with Gasteiger partial charge in [0.1, 0.15) is 24.2 Å². The Morgan fingerprint density at radius 2 is 2.33 bits per heavy atom. The maximum Gasteiger partial charge on any atom is 0.237 e. The third-order valence-corrected chi connectivity index (χ3v) is 5.70. The van der Waals surface area contributed by atoms with Crippen LogP contribution >= 0.6 is 0 Å². The van der Waals surface area contributed by atoms with Crippen LogP contribution in [0.4, 0.5) is 5.82 Å². The van der Waals surface area contributed by atoms with Gasteiger partial charge >= 0.3 is 0 Å². The van der Waals surface area contributed by atoms with Crippen LogP contribution in [0.3, 0.4) is 0 Å². The summed E-state index contributed by atoms with van der Waals surface area (Å²) >= 11 is 0. The van der Waals surface area contributed by atoms with Crippen LogP contribution < -0.4 is 4.90 Å². The Labute approximate surface area is 140 Å². The van der Waals surface area contributed by atoms with E-state index in [-0.39, 0.29) is 23.9 Å². The molecular formula is C17H20N6O. The van der Waals surface area contributed by atoms with Crippen LogP contribution in [-0.2, 0) is 4.79 Å². The van der Waals surface area contributed by atoms with Crippen molar-refractivity contribution in [2.24, 2.45) is 0 Å². The Bertz CT molecular complexity index is 824. The van der Waals surface area contributed by atoms with E-state index in [0.717, 1.165) is 49.2 Å². The van der Waals surface area contributed by atoms with Gasteiger partial charge in [-0.2, -0.15) is 5.26 Å². The molecule has 2 fully saturated rings. The van der Waals surface area contributed by atoms with Crippen molar-refractivity contribution in [3.8, 4) is 6.07 Å². The van der Waals surface area contributed by atoms with Gasteiger partial charge in [-0.15, -0.1) is 0 Å². The minimum Gasteiger partial charge on any atom is -0.351 e. The highest BCUT2D eigenvalue weighted by Crippen LogP contribution is 2.44. The molecule has 0 saturated carbocycles. The number of carbonyl (C=O) groups is 1. The van der Waals surface area contributed by atoms with E-state index in [9.17, 15) is 4.79 Å². The van der Waals surface area contributed by atoms with Crippen molar-refractivity contribution < 1.29 is 4.79 Å². The highest BCUT2D eigenvalue weighted by atomic mass is 16.2. The zero-order chi connectivity index (χ0) is 16.7. The molecule has 7 nitrogen and oxygen atoms in total. The third-order valence-electron chi connectivity index (χ3n) is 5.70. The number of nitriles is 1. The van der Waals surface area contributed by atoms with Gasteiger partial charge in [0.2, 0.25) is 5.91 Å². The highest BCUT2D eigenvalue weighted by Gasteiger charge is 2.53. The zero-order valence-electron chi connectivity index (χ0n) is 13.7. The van der Waals surface area contributed by atoms with Crippen LogP contribution in [0.5, 0.6) is 0 Å². The topological polar surface area (TPSA) is 88.9 Å². The summed E-state index contributed by atoms with van der Waals surface area (Å²) in [5, 5.41) is 9.90. The molecule has 1 spiro atoms. The Hall–Kier alpha value is -2.62. The van der Waals surface area contributed by atoms with Crippen LogP contribution in [0.1, 0.15) is 32.6 Å². The number of rotatable bonds is 2. The van der Waals surface area contributed by atoms with E-state index in [1.165, 1.54) is 0 Å². The van der Waals surface area contributed by atoms with E-state index in [1.54, 1.807) is 6.33 Å². The predicted molar refractivity (Wildman–Crippen MR) is 89.2 cm³/mol. The van der Waals surface area contributed by atoms with Crippen molar-refractivity contribution in [2.75, 3.05) is 18.0 Å². The predicted octanol–water partition coefficient (Wildman–Crippen LogP) is 1.83. The first-order valence-electron chi connectivity index (χ1n) is 8.39. The first-order valence-corrected chi connectivity index (χ1v) is 8.39. The summed E-state index contributed by atoms with van der Waals surface area (Å²) in [6, 6.07) is 4.16. The molecule has 124 valence electrons. The number of anilines is 1. The van der Waals surface area contributed by atoms with Gasteiger partial charge in [-0.1, -0.05) is 0 Å². The van der Waals surface area contributed by atoms with Crippen LogP contribution in [0.15, 0.2) is 18.6 Å². The molecule has 1 amide bonds. The fourth-order valence-electron chi connectivity index (χ4n) is 4.51. The Balaban J connectivity index is 1.69. The van der Waals surface area contributed by atoms with E-state index >= 15 is 0 Å². The number of hydrogen-bond acceptors (Lipinski definition) is 5. The van der Waals surface area contributed by atoms with E-state index in [1.807, 2.05) is 23.2 Å². The van der Waals surface area contributed by atoms with Crippen LogP contribution in [-0.4, -0.2) is 50.4 Å². The van der Waals surface area contributed by atoms with E-state index in [2.05, 4.69) is 26.8 Å². The number of fused-ring (bicyclic) bond motifs is 1. The second-order valence-electron chi connectivity index (χ2n) is 6.64. The summed E-state index contributed by atoms with van der Waals surface area (Å²) in [6.45, 7) is 3.78. The number of likely N-dealkylation sites (tertiary alicyclic amines) is 1. The second-order valence-corrected chi connectivity index (χ2v) is 6.64. The van der Waals surface area contributed by atoms with E-state index < -0.39 is 0 Å². The summed E-state index contributed by atoms with van der Waals surface area (Å²) in [5.74, 6) is 0.878. The smallest absolute Gasteiger partial charge is 0.237 e. The number of aromatic amines is 1. The lowest BCUT2D eigenvalue weighted by Crippen LogP contribution is -2.54. The molecule has 2 aromatic heterocycles. The van der Waals surface area contributed by atoms with Crippen molar-refractivity contribution >= 4 is 22.8 Å². The second kappa shape index (κ2) is 5.48. The summed E-state index contributed by atoms with van der Waals surface area (Å²) in [6.07, 6.45) is 6.32. The molecule has 2 atom stereocenters. The molecule has 2 aliphatic heterocycles. The van der Waals surface area contributed by atoms with E-state index in [4.69, 9.17) is 5.26 Å². The molecule has 0 aromatic carbocycles. The molecule has 24 heavy (non-hydrogen) atoms. The molecule has 2 aromatic rings. The zero-order valence-corrected chi connectivity index (χ0v) is 13.7. The molecule has 2 unspecified atom stereocenters. The van der Waals surface area contributed by atoms with Crippen LogP contribution in [0.2, 0.25) is 0 Å². The summed E-state index contributed by atoms with van der Waals surface area (Å²) in [7, 11) is 0. The first-order chi connectivity index (χ1) is 11.7.